The van der Waals surface area contributed by atoms with E-state index in [9.17, 15) is 4.79 Å². The maximum Gasteiger partial charge on any atom is 0.407 e. The maximum absolute atomic E-state index is 12.1. The summed E-state index contributed by atoms with van der Waals surface area (Å²) in [7, 11) is 1.82. The number of nitrogens with zero attached hydrogens (tertiary/aromatic N) is 4. The van der Waals surface area contributed by atoms with E-state index in [0.717, 1.165) is 44.4 Å². The third-order valence-electron chi connectivity index (χ3n) is 6.98. The lowest BCUT2D eigenvalue weighted by atomic mass is 10.0. The maximum atomic E-state index is 12.1. The zero-order valence-electron chi connectivity index (χ0n) is 22.2. The van der Waals surface area contributed by atoms with Crippen LogP contribution in [0.1, 0.15) is 70.2 Å². The van der Waals surface area contributed by atoms with E-state index in [2.05, 4.69) is 30.9 Å². The quantitative estimate of drug-likeness (QED) is 0.262. The minimum absolute atomic E-state index is 0.0974. The van der Waals surface area contributed by atoms with Crippen molar-refractivity contribution in [2.75, 3.05) is 31.7 Å². The molecule has 4 rings (SSSR count). The SMILES string of the molecule is CCNc1c(OCC2CCOC2)nn(C)c1C(N)=Nc1cc(C2CCC(OC(=O)NC(C)CC)C2)[nH]n1. The molecule has 2 aromatic rings. The molecule has 1 saturated carbocycles. The Morgan fingerprint density at radius 1 is 1.38 bits per heavy atom. The van der Waals surface area contributed by atoms with E-state index < -0.39 is 0 Å². The van der Waals surface area contributed by atoms with Crippen molar-refractivity contribution in [3.05, 3.63) is 17.5 Å². The van der Waals surface area contributed by atoms with Gasteiger partial charge in [-0.2, -0.15) is 5.10 Å². The summed E-state index contributed by atoms with van der Waals surface area (Å²) < 4.78 is 18.7. The van der Waals surface area contributed by atoms with E-state index in [1.807, 2.05) is 33.9 Å². The molecule has 204 valence electrons. The Morgan fingerprint density at radius 3 is 2.95 bits per heavy atom. The van der Waals surface area contributed by atoms with Gasteiger partial charge in [0.2, 0.25) is 0 Å². The van der Waals surface area contributed by atoms with Crippen LogP contribution in [0.5, 0.6) is 5.88 Å². The average molecular weight is 517 g/mol. The molecule has 0 spiro atoms. The normalized spacial score (nSPS) is 22.7. The molecule has 4 unspecified atom stereocenters. The van der Waals surface area contributed by atoms with E-state index >= 15 is 0 Å². The molecular formula is C25H40N8O4. The van der Waals surface area contributed by atoms with E-state index in [1.54, 1.807) is 4.68 Å². The molecule has 0 bridgehead atoms. The summed E-state index contributed by atoms with van der Waals surface area (Å²) in [6.07, 6.45) is 3.85. The number of aryl methyl sites for hydroxylation is 1. The number of nitrogens with one attached hydrogen (secondary N) is 3. The number of alkyl carbamates (subject to hydrolysis) is 1. The smallest absolute Gasteiger partial charge is 0.407 e. The lowest BCUT2D eigenvalue weighted by molar-refractivity contribution is 0.0974. The zero-order chi connectivity index (χ0) is 26.4. The molecule has 12 nitrogen and oxygen atoms in total. The Balaban J connectivity index is 1.41. The molecular weight excluding hydrogens is 476 g/mol. The number of H-pyrrole nitrogens is 1. The van der Waals surface area contributed by atoms with Crippen LogP contribution < -0.4 is 21.1 Å². The lowest BCUT2D eigenvalue weighted by Gasteiger charge is -2.16. The van der Waals surface area contributed by atoms with Crippen LogP contribution in [0.3, 0.4) is 0 Å². The van der Waals surface area contributed by atoms with Crippen molar-refractivity contribution in [2.24, 2.45) is 23.7 Å². The molecule has 0 radical (unpaired) electrons. The highest BCUT2D eigenvalue weighted by Crippen LogP contribution is 2.36. The van der Waals surface area contributed by atoms with Gasteiger partial charge in [-0.3, -0.25) is 9.78 Å². The van der Waals surface area contributed by atoms with Crippen LogP contribution in [0.15, 0.2) is 11.1 Å². The number of aliphatic imine (C=N–C) groups is 1. The van der Waals surface area contributed by atoms with Crippen LogP contribution in [0.25, 0.3) is 0 Å². The van der Waals surface area contributed by atoms with Crippen molar-refractivity contribution in [1.82, 2.24) is 25.3 Å². The molecule has 0 aromatic carbocycles. The van der Waals surface area contributed by atoms with Gasteiger partial charge in [-0.05, 0) is 46.0 Å². The van der Waals surface area contributed by atoms with Gasteiger partial charge in [-0.25, -0.2) is 9.79 Å². The Bertz CT molecular complexity index is 1070. The first-order chi connectivity index (χ1) is 17.9. The van der Waals surface area contributed by atoms with Crippen LogP contribution in [0.2, 0.25) is 0 Å². The van der Waals surface area contributed by atoms with Crippen LogP contribution in [0.4, 0.5) is 16.3 Å². The van der Waals surface area contributed by atoms with Gasteiger partial charge in [-0.1, -0.05) is 6.92 Å². The van der Waals surface area contributed by atoms with Gasteiger partial charge >= 0.3 is 6.09 Å². The number of carbonyl (C=O) groups excluding carboxylic acids is 1. The second kappa shape index (κ2) is 12.3. The van der Waals surface area contributed by atoms with E-state index in [-0.39, 0.29) is 30.0 Å². The molecule has 3 heterocycles. The number of anilines is 1. The summed E-state index contributed by atoms with van der Waals surface area (Å²) in [6.45, 7) is 8.70. The van der Waals surface area contributed by atoms with Crippen LogP contribution in [0, 0.1) is 5.92 Å². The highest BCUT2D eigenvalue weighted by Gasteiger charge is 2.30. The predicted molar refractivity (Wildman–Crippen MR) is 141 cm³/mol. The first-order valence-electron chi connectivity index (χ1n) is 13.3. The van der Waals surface area contributed by atoms with Crippen molar-refractivity contribution in [3.8, 4) is 5.88 Å². The second-order valence-electron chi connectivity index (χ2n) is 9.89. The van der Waals surface area contributed by atoms with Gasteiger partial charge in [-0.15, -0.1) is 5.10 Å². The summed E-state index contributed by atoms with van der Waals surface area (Å²) in [5.74, 6) is 1.86. The number of amidine groups is 1. The van der Waals surface area contributed by atoms with Gasteiger partial charge < -0.3 is 30.6 Å². The van der Waals surface area contributed by atoms with Gasteiger partial charge in [0.1, 0.15) is 17.5 Å². The Hall–Kier alpha value is -3.28. The van der Waals surface area contributed by atoms with Gasteiger partial charge in [0.05, 0.1) is 13.2 Å². The number of hydrogen-bond donors (Lipinski definition) is 4. The van der Waals surface area contributed by atoms with Crippen LogP contribution in [-0.4, -0.2) is 70.4 Å². The summed E-state index contributed by atoms with van der Waals surface area (Å²) >= 11 is 0. The summed E-state index contributed by atoms with van der Waals surface area (Å²) in [4.78, 5) is 16.6. The van der Waals surface area contributed by atoms with Gasteiger partial charge in [0.15, 0.2) is 11.7 Å². The molecule has 37 heavy (non-hydrogen) atoms. The molecule has 2 fully saturated rings. The standard InChI is InChI=1S/C25H40N8O4/c1-5-15(3)28-25(34)37-18-8-7-17(11-18)19-12-20(31-30-19)29-23(26)22-21(27-6-2)24(32-33(22)4)36-14-16-9-10-35-13-16/h12,15-18,27H,5-11,13-14H2,1-4H3,(H,28,34)(H3,26,29,30,31). The fourth-order valence-electron chi connectivity index (χ4n) is 4.73. The number of carbonyl (C=O) groups is 1. The number of ether oxygens (including phenoxy) is 3. The molecule has 2 aromatic heterocycles. The topological polar surface area (TPSA) is 154 Å². The van der Waals surface area contributed by atoms with E-state index in [4.69, 9.17) is 19.9 Å². The molecule has 12 heteroatoms. The highest BCUT2D eigenvalue weighted by atomic mass is 16.6. The van der Waals surface area contributed by atoms with Crippen LogP contribution in [-0.2, 0) is 16.5 Å². The predicted octanol–water partition coefficient (Wildman–Crippen LogP) is 3.19. The van der Waals surface area contributed by atoms with Crippen molar-refractivity contribution < 1.29 is 19.0 Å². The number of amides is 1. The number of aromatic amines is 1. The monoisotopic (exact) mass is 516 g/mol. The summed E-state index contributed by atoms with van der Waals surface area (Å²) in [5, 5.41) is 18.1. The average Bonchev–Trinajstić information content (AvgIpc) is 3.66. The Labute approximate surface area is 217 Å². The summed E-state index contributed by atoms with van der Waals surface area (Å²) in [5.41, 5.74) is 8.75. The molecule has 1 saturated heterocycles. The van der Waals surface area contributed by atoms with Crippen molar-refractivity contribution in [3.63, 3.8) is 0 Å². The summed E-state index contributed by atoms with van der Waals surface area (Å²) in [6, 6.07) is 2.00. The highest BCUT2D eigenvalue weighted by molar-refractivity contribution is 6.03. The number of hydrogen-bond acceptors (Lipinski definition) is 8. The largest absolute Gasteiger partial charge is 0.475 e. The lowest BCUT2D eigenvalue weighted by Crippen LogP contribution is -2.34. The second-order valence-corrected chi connectivity index (χ2v) is 9.89. The Morgan fingerprint density at radius 2 is 2.22 bits per heavy atom. The number of rotatable bonds is 11. The fraction of sp³-hybridized carbons (Fsp3) is 0.680. The minimum atomic E-state index is -0.352. The van der Waals surface area contributed by atoms with E-state index in [1.165, 1.54) is 0 Å². The molecule has 1 aliphatic heterocycles. The zero-order valence-corrected chi connectivity index (χ0v) is 22.2. The van der Waals surface area contributed by atoms with Gasteiger partial charge in [0, 0.05) is 49.8 Å². The first-order valence-corrected chi connectivity index (χ1v) is 13.3. The van der Waals surface area contributed by atoms with Crippen molar-refractivity contribution in [2.45, 2.75) is 70.9 Å². The van der Waals surface area contributed by atoms with E-state index in [0.29, 0.717) is 48.8 Å². The third-order valence-corrected chi connectivity index (χ3v) is 6.98. The molecule has 2 aliphatic rings. The third kappa shape index (κ3) is 6.73. The van der Waals surface area contributed by atoms with Crippen molar-refractivity contribution >= 4 is 23.4 Å². The van der Waals surface area contributed by atoms with Crippen LogP contribution >= 0.6 is 0 Å². The molecule has 4 atom stereocenters. The fourth-order valence-corrected chi connectivity index (χ4v) is 4.73. The van der Waals surface area contributed by atoms with Gasteiger partial charge in [0.25, 0.3) is 5.88 Å². The minimum Gasteiger partial charge on any atom is -0.475 e. The number of aromatic nitrogens is 4. The molecule has 1 aliphatic carbocycles. The first kappa shape index (κ1) is 26.8. The molecule has 1 amide bonds. The Kier molecular flexibility index (Phi) is 8.91. The van der Waals surface area contributed by atoms with Crippen molar-refractivity contribution in [1.29, 1.82) is 0 Å². The molecule has 5 N–H and O–H groups in total. The number of nitrogens with two attached hydrogens (primary N) is 1.